The molecule has 0 amide bonds. The monoisotopic (exact) mass is 480 g/mol. The fourth-order valence-corrected chi connectivity index (χ4v) is 3.70. The van der Waals surface area contributed by atoms with Crippen LogP contribution in [-0.4, -0.2) is 97.9 Å². The third-order valence-electron chi connectivity index (χ3n) is 5.63. The first-order valence-corrected chi connectivity index (χ1v) is 11.7. The number of aliphatic hydroxyl groups is 2. The van der Waals surface area contributed by atoms with E-state index in [2.05, 4.69) is 17.0 Å². The number of aliphatic hydroxyl groups excluding tert-OH is 2. The Balaban J connectivity index is 1.50. The molecule has 2 aromatic rings. The van der Waals surface area contributed by atoms with Gasteiger partial charge in [0.25, 0.3) is 0 Å². The summed E-state index contributed by atoms with van der Waals surface area (Å²) in [6.07, 6.45) is -1.52. The van der Waals surface area contributed by atoms with Crippen LogP contribution >= 0.6 is 0 Å². The molecular weight excluding hydrogens is 448 g/mol. The van der Waals surface area contributed by atoms with Gasteiger partial charge in [-0.2, -0.15) is 10.5 Å². The molecule has 2 N–H and O–H groups in total. The molecule has 2 atom stereocenters. The molecule has 35 heavy (non-hydrogen) atoms. The summed E-state index contributed by atoms with van der Waals surface area (Å²) in [5, 5.41) is 39.0. The number of hydrogen-bond acceptors (Lipinski definition) is 9. The first-order valence-electron chi connectivity index (χ1n) is 11.7. The summed E-state index contributed by atoms with van der Waals surface area (Å²) in [5.74, 6) is 1.16. The predicted octanol–water partition coefficient (Wildman–Crippen LogP) is 1.24. The highest BCUT2D eigenvalue weighted by atomic mass is 16.5. The van der Waals surface area contributed by atoms with Gasteiger partial charge in [-0.25, -0.2) is 0 Å². The minimum Gasteiger partial charge on any atom is -0.491 e. The van der Waals surface area contributed by atoms with Gasteiger partial charge in [-0.05, 0) is 48.5 Å². The van der Waals surface area contributed by atoms with Crippen molar-refractivity contribution in [2.24, 2.45) is 0 Å². The summed E-state index contributed by atoms with van der Waals surface area (Å²) in [6.45, 7) is 5.46. The lowest BCUT2D eigenvalue weighted by atomic mass is 10.2. The van der Waals surface area contributed by atoms with Crippen molar-refractivity contribution >= 4 is 0 Å². The standard InChI is InChI=1S/C26H32N4O5/c27-15-21-1-5-25(6-2-21)34-19-23(31)17-30(10-9-29-11-13-33-14-12-29)18-24(32)20-35-26-7-3-22(16-28)4-8-26/h1-8,23-24,31-32H,9-14,17-20H2. The summed E-state index contributed by atoms with van der Waals surface area (Å²) in [7, 11) is 0. The van der Waals surface area contributed by atoms with Gasteiger partial charge in [0.15, 0.2) is 0 Å². The summed E-state index contributed by atoms with van der Waals surface area (Å²) in [5.41, 5.74) is 1.09. The molecule has 1 fully saturated rings. The largest absolute Gasteiger partial charge is 0.491 e. The maximum absolute atomic E-state index is 10.6. The molecule has 3 rings (SSSR count). The minimum absolute atomic E-state index is 0.0950. The Bertz CT molecular complexity index is 896. The Morgan fingerprint density at radius 1 is 0.829 bits per heavy atom. The highest BCUT2D eigenvalue weighted by Gasteiger charge is 2.19. The van der Waals surface area contributed by atoms with E-state index < -0.39 is 12.2 Å². The normalized spacial score (nSPS) is 15.7. The molecule has 0 saturated carbocycles. The summed E-state index contributed by atoms with van der Waals surface area (Å²) >= 11 is 0. The van der Waals surface area contributed by atoms with Crippen molar-refractivity contribution in [3.63, 3.8) is 0 Å². The zero-order valence-electron chi connectivity index (χ0n) is 19.8. The lowest BCUT2D eigenvalue weighted by molar-refractivity contribution is 0.0121. The minimum atomic E-state index is -0.762. The van der Waals surface area contributed by atoms with Crippen LogP contribution in [0.15, 0.2) is 48.5 Å². The van der Waals surface area contributed by atoms with Crippen LogP contribution in [0.1, 0.15) is 11.1 Å². The van der Waals surface area contributed by atoms with E-state index in [1.807, 2.05) is 4.90 Å². The van der Waals surface area contributed by atoms with Crippen molar-refractivity contribution < 1.29 is 24.4 Å². The van der Waals surface area contributed by atoms with Gasteiger partial charge in [-0.1, -0.05) is 0 Å². The predicted molar refractivity (Wildman–Crippen MR) is 129 cm³/mol. The topological polar surface area (TPSA) is 122 Å². The van der Waals surface area contributed by atoms with Crippen LogP contribution in [0.2, 0.25) is 0 Å². The molecule has 9 heteroatoms. The Morgan fingerprint density at radius 3 is 1.71 bits per heavy atom. The Morgan fingerprint density at radius 2 is 1.29 bits per heavy atom. The Labute approximate surface area is 206 Å². The van der Waals surface area contributed by atoms with E-state index in [1.54, 1.807) is 48.5 Å². The number of nitriles is 2. The maximum Gasteiger partial charge on any atom is 0.119 e. The third kappa shape index (κ3) is 9.53. The summed E-state index contributed by atoms with van der Waals surface area (Å²) in [4.78, 5) is 4.31. The number of nitrogens with zero attached hydrogens (tertiary/aromatic N) is 4. The van der Waals surface area contributed by atoms with Crippen LogP contribution in [0.25, 0.3) is 0 Å². The van der Waals surface area contributed by atoms with E-state index in [0.717, 1.165) is 19.6 Å². The van der Waals surface area contributed by atoms with Gasteiger partial charge in [0.05, 0.1) is 36.5 Å². The van der Waals surface area contributed by atoms with Gasteiger partial charge in [0.1, 0.15) is 36.9 Å². The Kier molecular flexibility index (Phi) is 10.8. The molecule has 1 aliphatic rings. The second-order valence-corrected chi connectivity index (χ2v) is 8.42. The smallest absolute Gasteiger partial charge is 0.119 e. The molecule has 2 aromatic carbocycles. The van der Waals surface area contributed by atoms with Crippen LogP contribution in [0.3, 0.4) is 0 Å². The molecule has 0 radical (unpaired) electrons. The van der Waals surface area contributed by atoms with Gasteiger partial charge in [0.2, 0.25) is 0 Å². The van der Waals surface area contributed by atoms with Gasteiger partial charge < -0.3 is 24.4 Å². The molecule has 9 nitrogen and oxygen atoms in total. The van der Waals surface area contributed by atoms with Gasteiger partial charge >= 0.3 is 0 Å². The number of benzene rings is 2. The van der Waals surface area contributed by atoms with Crippen LogP contribution in [0.5, 0.6) is 11.5 Å². The van der Waals surface area contributed by atoms with Gasteiger partial charge in [-0.3, -0.25) is 9.80 Å². The second-order valence-electron chi connectivity index (χ2n) is 8.42. The van der Waals surface area contributed by atoms with Gasteiger partial charge in [-0.15, -0.1) is 0 Å². The van der Waals surface area contributed by atoms with E-state index in [9.17, 15) is 10.2 Å². The molecular formula is C26H32N4O5. The quantitative estimate of drug-likeness (QED) is 0.436. The van der Waals surface area contributed by atoms with Gasteiger partial charge in [0, 0.05) is 39.3 Å². The second kappa shape index (κ2) is 14.3. The Hall–Kier alpha value is -3.18. The molecule has 2 unspecified atom stereocenters. The molecule has 1 heterocycles. The van der Waals surface area contributed by atoms with E-state index in [0.29, 0.717) is 55.5 Å². The SMILES string of the molecule is N#Cc1ccc(OCC(O)CN(CCN2CCOCC2)CC(O)COc2ccc(C#N)cc2)cc1. The lowest BCUT2D eigenvalue weighted by Gasteiger charge is -2.32. The first kappa shape index (κ1) is 26.4. The molecule has 0 aromatic heterocycles. The van der Waals surface area contributed by atoms with E-state index in [-0.39, 0.29) is 13.2 Å². The molecule has 0 bridgehead atoms. The van der Waals surface area contributed by atoms with Crippen LogP contribution < -0.4 is 9.47 Å². The maximum atomic E-state index is 10.6. The summed E-state index contributed by atoms with van der Waals surface area (Å²) in [6, 6.07) is 17.6. The van der Waals surface area contributed by atoms with Crippen molar-refractivity contribution in [2.75, 3.05) is 65.7 Å². The van der Waals surface area contributed by atoms with E-state index >= 15 is 0 Å². The third-order valence-corrected chi connectivity index (χ3v) is 5.63. The van der Waals surface area contributed by atoms with Crippen molar-refractivity contribution in [1.82, 2.24) is 9.80 Å². The number of morpholine rings is 1. The first-order chi connectivity index (χ1) is 17.1. The molecule has 186 valence electrons. The average Bonchev–Trinajstić information content (AvgIpc) is 2.90. The summed E-state index contributed by atoms with van der Waals surface area (Å²) < 4.78 is 16.7. The molecule has 1 saturated heterocycles. The number of rotatable bonds is 13. The number of hydrogen-bond donors (Lipinski definition) is 2. The molecule has 1 aliphatic heterocycles. The zero-order chi connectivity index (χ0) is 24.9. The lowest BCUT2D eigenvalue weighted by Crippen LogP contribution is -2.46. The van der Waals surface area contributed by atoms with Crippen LogP contribution in [0, 0.1) is 22.7 Å². The van der Waals surface area contributed by atoms with Crippen molar-refractivity contribution in [3.8, 4) is 23.6 Å². The zero-order valence-corrected chi connectivity index (χ0v) is 19.8. The van der Waals surface area contributed by atoms with Crippen LogP contribution in [0.4, 0.5) is 0 Å². The average molecular weight is 481 g/mol. The van der Waals surface area contributed by atoms with E-state index in [1.165, 1.54) is 0 Å². The fourth-order valence-electron chi connectivity index (χ4n) is 3.70. The molecule has 0 aliphatic carbocycles. The highest BCUT2D eigenvalue weighted by Crippen LogP contribution is 2.13. The van der Waals surface area contributed by atoms with Crippen LogP contribution in [-0.2, 0) is 4.74 Å². The fraction of sp³-hybridized carbons (Fsp3) is 0.462. The molecule has 0 spiro atoms. The van der Waals surface area contributed by atoms with Crippen molar-refractivity contribution in [3.05, 3.63) is 59.7 Å². The number of ether oxygens (including phenoxy) is 3. The van der Waals surface area contributed by atoms with Crippen molar-refractivity contribution in [1.29, 1.82) is 10.5 Å². The van der Waals surface area contributed by atoms with Crippen molar-refractivity contribution in [2.45, 2.75) is 12.2 Å². The van der Waals surface area contributed by atoms with E-state index in [4.69, 9.17) is 24.7 Å². The highest BCUT2D eigenvalue weighted by molar-refractivity contribution is 5.35.